The molecule has 30 heavy (non-hydrogen) atoms. The van der Waals surface area contributed by atoms with Crippen LogP contribution in [-0.2, 0) is 19.1 Å². The maximum absolute atomic E-state index is 13.8. The van der Waals surface area contributed by atoms with Crippen molar-refractivity contribution in [1.82, 2.24) is 15.5 Å². The van der Waals surface area contributed by atoms with Crippen LogP contribution in [0.1, 0.15) is 66.7 Å². The molecular formula is C22H37N3O5. The van der Waals surface area contributed by atoms with Gasteiger partial charge in [0.15, 0.2) is 0 Å². The third kappa shape index (κ3) is 3.23. The number of likely N-dealkylation sites (tertiary alicyclic amines) is 1. The van der Waals surface area contributed by atoms with Crippen LogP contribution in [0.15, 0.2) is 0 Å². The van der Waals surface area contributed by atoms with E-state index in [4.69, 9.17) is 4.74 Å². The van der Waals surface area contributed by atoms with E-state index >= 15 is 0 Å². The van der Waals surface area contributed by atoms with Crippen LogP contribution in [0.3, 0.4) is 0 Å². The second kappa shape index (κ2) is 8.46. The van der Waals surface area contributed by atoms with Gasteiger partial charge in [-0.3, -0.25) is 14.4 Å². The molecule has 3 fully saturated rings. The topological polar surface area (TPSA) is 108 Å². The Bertz CT molecular complexity index is 694. The predicted octanol–water partition coefficient (Wildman–Crippen LogP) is 0.963. The monoisotopic (exact) mass is 423 g/mol. The number of carbonyl (C=O) groups excluding carboxylic acids is 3. The highest BCUT2D eigenvalue weighted by molar-refractivity contribution is 5.99. The molecule has 3 N–H and O–H groups in total. The van der Waals surface area contributed by atoms with Crippen LogP contribution in [0.4, 0.5) is 0 Å². The van der Waals surface area contributed by atoms with E-state index in [2.05, 4.69) is 10.6 Å². The summed E-state index contributed by atoms with van der Waals surface area (Å²) in [4.78, 5) is 41.8. The van der Waals surface area contributed by atoms with Crippen molar-refractivity contribution in [2.45, 2.75) is 96.1 Å². The fourth-order valence-corrected chi connectivity index (χ4v) is 5.88. The first-order chi connectivity index (χ1) is 14.2. The highest BCUT2D eigenvalue weighted by Gasteiger charge is 2.79. The van der Waals surface area contributed by atoms with Crippen LogP contribution >= 0.6 is 0 Å². The molecule has 6 atom stereocenters. The Balaban J connectivity index is 2.09. The van der Waals surface area contributed by atoms with Gasteiger partial charge in [0.25, 0.3) is 0 Å². The number of carbonyl (C=O) groups is 3. The minimum atomic E-state index is -1.02. The van der Waals surface area contributed by atoms with Crippen LogP contribution in [0, 0.1) is 11.8 Å². The van der Waals surface area contributed by atoms with Crippen molar-refractivity contribution in [2.24, 2.45) is 11.8 Å². The zero-order valence-electron chi connectivity index (χ0n) is 18.9. The van der Waals surface area contributed by atoms with Gasteiger partial charge >= 0.3 is 0 Å². The maximum Gasteiger partial charge on any atom is 0.246 e. The summed E-state index contributed by atoms with van der Waals surface area (Å²) in [6, 6.07) is -1.42. The fourth-order valence-electron chi connectivity index (χ4n) is 5.88. The second-order valence-corrected chi connectivity index (χ2v) is 9.28. The molecule has 170 valence electrons. The molecule has 3 rings (SSSR count). The Labute approximate surface area is 179 Å². The summed E-state index contributed by atoms with van der Waals surface area (Å²) in [6.45, 7) is 9.90. The zero-order chi connectivity index (χ0) is 22.3. The van der Waals surface area contributed by atoms with Crippen LogP contribution in [0.25, 0.3) is 0 Å². The third-order valence-corrected chi connectivity index (χ3v) is 7.21. The van der Waals surface area contributed by atoms with Gasteiger partial charge in [0.1, 0.15) is 11.6 Å². The molecule has 3 aliphatic heterocycles. The maximum atomic E-state index is 13.8. The van der Waals surface area contributed by atoms with Gasteiger partial charge in [0.2, 0.25) is 17.7 Å². The number of hydrogen-bond acceptors (Lipinski definition) is 5. The van der Waals surface area contributed by atoms with Crippen LogP contribution < -0.4 is 10.6 Å². The SMILES string of the molecule is CCCNC(=O)[C@@H]1[C@H]2C(=O)N([C@@H](CC)CO)C(C(=O)NC(C)C)C23CC[C@@]1(CC)O3. The van der Waals surface area contributed by atoms with E-state index in [1.54, 1.807) is 0 Å². The Hall–Kier alpha value is -1.67. The van der Waals surface area contributed by atoms with Crippen molar-refractivity contribution >= 4 is 17.7 Å². The molecule has 0 aromatic heterocycles. The van der Waals surface area contributed by atoms with E-state index in [9.17, 15) is 19.5 Å². The molecule has 2 bridgehead atoms. The molecule has 3 amide bonds. The van der Waals surface area contributed by atoms with Crippen molar-refractivity contribution in [2.75, 3.05) is 13.2 Å². The van der Waals surface area contributed by atoms with Crippen molar-refractivity contribution < 1.29 is 24.2 Å². The summed E-state index contributed by atoms with van der Waals surface area (Å²) < 4.78 is 6.62. The average molecular weight is 424 g/mol. The van der Waals surface area contributed by atoms with Crippen molar-refractivity contribution in [1.29, 1.82) is 0 Å². The Morgan fingerprint density at radius 3 is 2.47 bits per heavy atom. The lowest BCUT2D eigenvalue weighted by Crippen LogP contribution is -2.58. The van der Waals surface area contributed by atoms with Gasteiger partial charge in [-0.05, 0) is 46.0 Å². The molecule has 3 saturated heterocycles. The minimum absolute atomic E-state index is 0.0958. The minimum Gasteiger partial charge on any atom is -0.394 e. The van der Waals surface area contributed by atoms with E-state index in [-0.39, 0.29) is 30.4 Å². The molecule has 2 unspecified atom stereocenters. The number of ether oxygens (including phenoxy) is 1. The first kappa shape index (κ1) is 23.0. The molecule has 8 nitrogen and oxygen atoms in total. The number of aliphatic hydroxyl groups excluding tert-OH is 1. The predicted molar refractivity (Wildman–Crippen MR) is 111 cm³/mol. The number of aliphatic hydroxyl groups is 1. The standard InChI is InChI=1S/C22H37N3O5/c1-6-11-23-18(27)15-16-20(29)25(14(7-2)12-26)17(19(28)24-13(4)5)22(16)10-9-21(15,8-3)30-22/h13-17,26H,6-12H2,1-5H3,(H,23,27)(H,24,28)/t14-,15-,16-,17?,21+,22?/m0/s1. The quantitative estimate of drug-likeness (QED) is 0.512. The smallest absolute Gasteiger partial charge is 0.246 e. The Morgan fingerprint density at radius 2 is 1.93 bits per heavy atom. The van der Waals surface area contributed by atoms with Gasteiger partial charge < -0.3 is 25.4 Å². The third-order valence-electron chi connectivity index (χ3n) is 7.21. The summed E-state index contributed by atoms with van der Waals surface area (Å²) >= 11 is 0. The number of fused-ring (bicyclic) bond motifs is 1. The van der Waals surface area contributed by atoms with Crippen LogP contribution in [-0.4, -0.2) is 70.2 Å². The van der Waals surface area contributed by atoms with E-state index in [1.165, 1.54) is 4.90 Å². The highest BCUT2D eigenvalue weighted by Crippen LogP contribution is 2.64. The van der Waals surface area contributed by atoms with Crippen LogP contribution in [0.2, 0.25) is 0 Å². The van der Waals surface area contributed by atoms with Gasteiger partial charge in [-0.25, -0.2) is 0 Å². The summed E-state index contributed by atoms with van der Waals surface area (Å²) in [6.07, 6.45) is 3.13. The van der Waals surface area contributed by atoms with Crippen molar-refractivity contribution in [3.05, 3.63) is 0 Å². The summed E-state index contributed by atoms with van der Waals surface area (Å²) in [5.41, 5.74) is -1.75. The Kier molecular flexibility index (Phi) is 6.49. The van der Waals surface area contributed by atoms with Crippen molar-refractivity contribution in [3.63, 3.8) is 0 Å². The van der Waals surface area contributed by atoms with E-state index in [1.807, 2.05) is 34.6 Å². The average Bonchev–Trinajstić information content (AvgIpc) is 3.31. The lowest BCUT2D eigenvalue weighted by Gasteiger charge is -2.37. The van der Waals surface area contributed by atoms with Gasteiger partial charge in [-0.2, -0.15) is 0 Å². The lowest BCUT2D eigenvalue weighted by molar-refractivity contribution is -0.151. The molecule has 3 heterocycles. The second-order valence-electron chi connectivity index (χ2n) is 9.28. The molecular weight excluding hydrogens is 386 g/mol. The summed E-state index contributed by atoms with van der Waals surface area (Å²) in [5.74, 6) is -2.00. The first-order valence-electron chi connectivity index (χ1n) is 11.4. The normalized spacial score (nSPS) is 35.6. The molecule has 0 aliphatic carbocycles. The first-order valence-corrected chi connectivity index (χ1v) is 11.4. The number of nitrogens with zero attached hydrogens (tertiary/aromatic N) is 1. The van der Waals surface area contributed by atoms with Crippen molar-refractivity contribution in [3.8, 4) is 0 Å². The molecule has 3 aliphatic rings. The Morgan fingerprint density at radius 1 is 1.23 bits per heavy atom. The molecule has 0 aromatic rings. The van der Waals surface area contributed by atoms with Gasteiger partial charge in [0.05, 0.1) is 30.1 Å². The summed E-state index contributed by atoms with van der Waals surface area (Å²) in [5, 5.41) is 15.9. The lowest BCUT2D eigenvalue weighted by atomic mass is 9.65. The molecule has 0 saturated carbocycles. The van der Waals surface area contributed by atoms with E-state index in [0.29, 0.717) is 32.2 Å². The fraction of sp³-hybridized carbons (Fsp3) is 0.864. The van der Waals surface area contributed by atoms with Crippen LogP contribution in [0.5, 0.6) is 0 Å². The van der Waals surface area contributed by atoms with Gasteiger partial charge in [0, 0.05) is 12.6 Å². The molecule has 0 aromatic carbocycles. The van der Waals surface area contributed by atoms with E-state index < -0.39 is 35.1 Å². The molecule has 0 radical (unpaired) electrons. The number of nitrogens with one attached hydrogen (secondary N) is 2. The van der Waals surface area contributed by atoms with Gasteiger partial charge in [-0.1, -0.05) is 20.8 Å². The summed E-state index contributed by atoms with van der Waals surface area (Å²) in [7, 11) is 0. The zero-order valence-corrected chi connectivity index (χ0v) is 18.9. The number of rotatable bonds is 9. The number of amides is 3. The number of hydrogen-bond donors (Lipinski definition) is 3. The largest absolute Gasteiger partial charge is 0.394 e. The van der Waals surface area contributed by atoms with Gasteiger partial charge in [-0.15, -0.1) is 0 Å². The molecule has 1 spiro atoms. The molecule has 8 heteroatoms. The highest BCUT2D eigenvalue weighted by atomic mass is 16.5. The van der Waals surface area contributed by atoms with E-state index in [0.717, 1.165) is 6.42 Å².